The first-order valence-corrected chi connectivity index (χ1v) is 8.38. The fourth-order valence-corrected chi connectivity index (χ4v) is 3.62. The Bertz CT molecular complexity index is 750. The van der Waals surface area contributed by atoms with Crippen LogP contribution in [0.5, 0.6) is 0 Å². The van der Waals surface area contributed by atoms with Crippen molar-refractivity contribution >= 4 is 34.3 Å². The Morgan fingerprint density at radius 2 is 2.24 bits per heavy atom. The van der Waals surface area contributed by atoms with Crippen molar-refractivity contribution in [2.45, 2.75) is 20.5 Å². The Balaban J connectivity index is 1.90. The lowest BCUT2D eigenvalue weighted by atomic mass is 10.3. The number of thiazole rings is 1. The van der Waals surface area contributed by atoms with Gasteiger partial charge in [0.05, 0.1) is 17.9 Å². The molecule has 5 nitrogen and oxygen atoms in total. The minimum atomic E-state index is 0.463. The maximum atomic E-state index is 6.09. The van der Waals surface area contributed by atoms with Crippen molar-refractivity contribution in [3.05, 3.63) is 26.5 Å². The zero-order chi connectivity index (χ0) is 14.8. The predicted octanol–water partition coefficient (Wildman–Crippen LogP) is 4.42. The number of hydrogen-bond acceptors (Lipinski definition) is 7. The highest BCUT2D eigenvalue weighted by Gasteiger charge is 2.18. The molecule has 0 aliphatic heterocycles. The maximum Gasteiger partial charge on any atom is 0.270 e. The molecule has 3 aromatic heterocycles. The van der Waals surface area contributed by atoms with Crippen molar-refractivity contribution in [2.75, 3.05) is 6.61 Å². The molecule has 0 saturated heterocycles. The third-order valence-corrected chi connectivity index (χ3v) is 5.04. The van der Waals surface area contributed by atoms with Crippen molar-refractivity contribution < 1.29 is 9.26 Å². The van der Waals surface area contributed by atoms with Gasteiger partial charge in [-0.1, -0.05) is 16.8 Å². The molecule has 3 aromatic rings. The predicted molar refractivity (Wildman–Crippen MR) is 83.8 cm³/mol. The van der Waals surface area contributed by atoms with Crippen LogP contribution in [0.1, 0.15) is 17.6 Å². The molecule has 0 saturated carbocycles. The van der Waals surface area contributed by atoms with E-state index in [1.54, 1.807) is 0 Å². The molecule has 0 unspecified atom stereocenters. The maximum absolute atomic E-state index is 6.09. The van der Waals surface area contributed by atoms with Crippen LogP contribution < -0.4 is 0 Å². The van der Waals surface area contributed by atoms with E-state index in [9.17, 15) is 0 Å². The van der Waals surface area contributed by atoms with Crippen LogP contribution in [-0.2, 0) is 11.3 Å². The second-order valence-electron chi connectivity index (χ2n) is 4.19. The first-order valence-electron chi connectivity index (χ1n) is 6.30. The molecule has 8 heteroatoms. The van der Waals surface area contributed by atoms with Gasteiger partial charge in [0, 0.05) is 6.61 Å². The summed E-state index contributed by atoms with van der Waals surface area (Å²) in [5.41, 5.74) is 1.65. The van der Waals surface area contributed by atoms with Crippen molar-refractivity contribution in [1.29, 1.82) is 0 Å². The summed E-state index contributed by atoms with van der Waals surface area (Å²) < 4.78 is 11.4. The summed E-state index contributed by atoms with van der Waals surface area (Å²) in [7, 11) is 0. The van der Waals surface area contributed by atoms with Crippen LogP contribution in [0.15, 0.2) is 16.0 Å². The molecule has 21 heavy (non-hydrogen) atoms. The van der Waals surface area contributed by atoms with E-state index in [4.69, 9.17) is 20.9 Å². The lowest BCUT2D eigenvalue weighted by molar-refractivity contribution is 0.134. The number of halogens is 1. The fourth-order valence-electron chi connectivity index (χ4n) is 1.78. The Kier molecular flexibility index (Phi) is 4.34. The zero-order valence-corrected chi connectivity index (χ0v) is 13.8. The summed E-state index contributed by atoms with van der Waals surface area (Å²) >= 11 is 9.04. The standard InChI is InChI=1S/C13H12ClN3O2S2/c1-3-18-6-9-15-7(2)10(21-9)13-16-12(17-19-13)8-4-5-20-11(8)14/h4-5H,3,6H2,1-2H3. The van der Waals surface area contributed by atoms with E-state index in [0.717, 1.165) is 21.1 Å². The molecule has 0 amide bonds. The summed E-state index contributed by atoms with van der Waals surface area (Å²) in [5.74, 6) is 0.959. The molecule has 3 heterocycles. The molecule has 0 atom stereocenters. The van der Waals surface area contributed by atoms with E-state index in [1.165, 1.54) is 22.7 Å². The van der Waals surface area contributed by atoms with E-state index in [2.05, 4.69) is 15.1 Å². The average molecular weight is 342 g/mol. The van der Waals surface area contributed by atoms with E-state index in [1.807, 2.05) is 25.3 Å². The Labute approximate surface area is 134 Å². The zero-order valence-electron chi connectivity index (χ0n) is 11.4. The second-order valence-corrected chi connectivity index (χ2v) is 6.79. The van der Waals surface area contributed by atoms with Crippen molar-refractivity contribution in [3.8, 4) is 22.2 Å². The van der Waals surface area contributed by atoms with Crippen LogP contribution in [0.25, 0.3) is 22.2 Å². The van der Waals surface area contributed by atoms with Gasteiger partial charge in [0.25, 0.3) is 5.89 Å². The van der Waals surface area contributed by atoms with Gasteiger partial charge in [0.15, 0.2) is 0 Å². The molecule has 3 rings (SSSR count). The largest absolute Gasteiger partial charge is 0.375 e. The smallest absolute Gasteiger partial charge is 0.270 e. The van der Waals surface area contributed by atoms with E-state index in [0.29, 0.717) is 29.3 Å². The van der Waals surface area contributed by atoms with Crippen LogP contribution in [0.2, 0.25) is 4.34 Å². The molecule has 0 aliphatic carbocycles. The van der Waals surface area contributed by atoms with Crippen molar-refractivity contribution in [3.63, 3.8) is 0 Å². The highest BCUT2D eigenvalue weighted by Crippen LogP contribution is 2.34. The van der Waals surface area contributed by atoms with Crippen LogP contribution in [0, 0.1) is 6.92 Å². The Morgan fingerprint density at radius 3 is 2.95 bits per heavy atom. The first kappa shape index (κ1) is 14.6. The molecule has 0 fully saturated rings. The number of nitrogens with zero attached hydrogens (tertiary/aromatic N) is 3. The summed E-state index contributed by atoms with van der Waals surface area (Å²) in [6.07, 6.45) is 0. The molecule has 110 valence electrons. The summed E-state index contributed by atoms with van der Waals surface area (Å²) in [6, 6.07) is 1.88. The van der Waals surface area contributed by atoms with Crippen LogP contribution in [0.3, 0.4) is 0 Å². The van der Waals surface area contributed by atoms with Gasteiger partial charge in [-0.2, -0.15) is 4.98 Å². The third-order valence-electron chi connectivity index (χ3n) is 2.75. The highest BCUT2D eigenvalue weighted by atomic mass is 35.5. The molecule has 0 aliphatic rings. The van der Waals surface area contributed by atoms with Gasteiger partial charge in [-0.25, -0.2) is 4.98 Å². The van der Waals surface area contributed by atoms with Gasteiger partial charge in [-0.15, -0.1) is 22.7 Å². The van der Waals surface area contributed by atoms with Crippen LogP contribution >= 0.6 is 34.3 Å². The van der Waals surface area contributed by atoms with Crippen LogP contribution in [-0.4, -0.2) is 21.7 Å². The van der Waals surface area contributed by atoms with Gasteiger partial charge >= 0.3 is 0 Å². The van der Waals surface area contributed by atoms with E-state index < -0.39 is 0 Å². The number of ether oxygens (including phenoxy) is 1. The molecule has 0 radical (unpaired) electrons. The number of aryl methyl sites for hydroxylation is 1. The molecule has 0 bridgehead atoms. The van der Waals surface area contributed by atoms with Gasteiger partial charge in [-0.3, -0.25) is 0 Å². The lowest BCUT2D eigenvalue weighted by Gasteiger charge is -1.93. The molecular formula is C13H12ClN3O2S2. The summed E-state index contributed by atoms with van der Waals surface area (Å²) in [5, 5.41) is 6.79. The third kappa shape index (κ3) is 3.01. The minimum absolute atomic E-state index is 0.463. The lowest BCUT2D eigenvalue weighted by Crippen LogP contribution is -1.90. The van der Waals surface area contributed by atoms with Gasteiger partial charge < -0.3 is 9.26 Å². The number of thiophene rings is 1. The number of hydrogen-bond donors (Lipinski definition) is 0. The Hall–Kier alpha value is -1.28. The number of rotatable bonds is 5. The molecule has 0 aromatic carbocycles. The monoisotopic (exact) mass is 341 g/mol. The van der Waals surface area contributed by atoms with Gasteiger partial charge in [-0.05, 0) is 25.3 Å². The summed E-state index contributed by atoms with van der Waals surface area (Å²) in [4.78, 5) is 9.74. The van der Waals surface area contributed by atoms with E-state index in [-0.39, 0.29) is 0 Å². The normalized spacial score (nSPS) is 11.2. The van der Waals surface area contributed by atoms with E-state index >= 15 is 0 Å². The molecule has 0 spiro atoms. The first-order chi connectivity index (χ1) is 10.2. The van der Waals surface area contributed by atoms with Crippen molar-refractivity contribution in [1.82, 2.24) is 15.1 Å². The quantitative estimate of drug-likeness (QED) is 0.687. The average Bonchev–Trinajstić information content (AvgIpc) is 3.16. The van der Waals surface area contributed by atoms with Crippen LogP contribution in [0.4, 0.5) is 0 Å². The topological polar surface area (TPSA) is 61.0 Å². The SMILES string of the molecule is CCOCc1nc(C)c(-c2nc(-c3ccsc3Cl)no2)s1. The second kappa shape index (κ2) is 6.23. The van der Waals surface area contributed by atoms with Crippen molar-refractivity contribution in [2.24, 2.45) is 0 Å². The Morgan fingerprint density at radius 1 is 1.38 bits per heavy atom. The highest BCUT2D eigenvalue weighted by molar-refractivity contribution is 7.15. The molecule has 0 N–H and O–H groups in total. The number of aromatic nitrogens is 3. The van der Waals surface area contributed by atoms with Gasteiger partial charge in [0.1, 0.15) is 14.2 Å². The molecular weight excluding hydrogens is 330 g/mol. The summed E-state index contributed by atoms with van der Waals surface area (Å²) in [6.45, 7) is 5.04. The fraction of sp³-hybridized carbons (Fsp3) is 0.308. The minimum Gasteiger partial charge on any atom is -0.375 e. The van der Waals surface area contributed by atoms with Gasteiger partial charge in [0.2, 0.25) is 5.82 Å².